The van der Waals surface area contributed by atoms with Crippen LogP contribution >= 0.6 is 0 Å². The topological polar surface area (TPSA) is 49.3 Å². The predicted octanol–water partition coefficient (Wildman–Crippen LogP) is 3.35. The number of aryl methyl sites for hydroxylation is 1. The lowest BCUT2D eigenvalue weighted by molar-refractivity contribution is -0.111. The number of benzene rings is 2. The Hall–Kier alpha value is -2.55. The van der Waals surface area contributed by atoms with Crippen LogP contribution in [0.1, 0.15) is 11.1 Å². The van der Waals surface area contributed by atoms with Crippen molar-refractivity contribution < 1.29 is 9.90 Å². The van der Waals surface area contributed by atoms with E-state index in [2.05, 4.69) is 5.32 Å². The summed E-state index contributed by atoms with van der Waals surface area (Å²) in [5.41, 5.74) is 2.31. The van der Waals surface area contributed by atoms with Gasteiger partial charge in [0.25, 0.3) is 0 Å². The van der Waals surface area contributed by atoms with Crippen molar-refractivity contribution in [3.05, 3.63) is 65.7 Å². The Kier molecular flexibility index (Phi) is 3.98. The first-order chi connectivity index (χ1) is 9.15. The maximum absolute atomic E-state index is 11.7. The summed E-state index contributed by atoms with van der Waals surface area (Å²) in [6, 6.07) is 14.6. The van der Waals surface area contributed by atoms with Crippen molar-refractivity contribution in [2.75, 3.05) is 5.32 Å². The number of anilines is 1. The molecule has 1 amide bonds. The molecule has 0 spiro atoms. The third-order valence-corrected chi connectivity index (χ3v) is 2.70. The summed E-state index contributed by atoms with van der Waals surface area (Å²) >= 11 is 0. The van der Waals surface area contributed by atoms with Gasteiger partial charge in [0, 0.05) is 17.8 Å². The molecule has 0 bridgehead atoms. The zero-order valence-corrected chi connectivity index (χ0v) is 10.6. The van der Waals surface area contributed by atoms with E-state index in [1.807, 2.05) is 30.3 Å². The molecular formula is C16H15NO2. The highest BCUT2D eigenvalue weighted by Crippen LogP contribution is 2.20. The molecule has 0 radical (unpaired) electrons. The zero-order chi connectivity index (χ0) is 13.7. The number of carbonyl (C=O) groups excluding carboxylic acids is 1. The fourth-order valence-electron chi connectivity index (χ4n) is 1.61. The fourth-order valence-corrected chi connectivity index (χ4v) is 1.61. The lowest BCUT2D eigenvalue weighted by Gasteiger charge is -2.04. The normalized spacial score (nSPS) is 10.6. The van der Waals surface area contributed by atoms with E-state index < -0.39 is 0 Å². The number of aromatic hydroxyl groups is 1. The van der Waals surface area contributed by atoms with Gasteiger partial charge in [0.1, 0.15) is 5.75 Å². The van der Waals surface area contributed by atoms with Crippen LogP contribution in [0.25, 0.3) is 6.08 Å². The Morgan fingerprint density at radius 1 is 1.16 bits per heavy atom. The molecule has 0 unspecified atom stereocenters. The molecule has 2 aromatic carbocycles. The summed E-state index contributed by atoms with van der Waals surface area (Å²) in [5.74, 6) is -0.0584. The van der Waals surface area contributed by atoms with Crippen LogP contribution in [-0.2, 0) is 4.79 Å². The summed E-state index contributed by atoms with van der Waals surface area (Å²) in [5, 5.41) is 12.2. The van der Waals surface area contributed by atoms with Crippen LogP contribution in [0.4, 0.5) is 5.69 Å². The standard InChI is InChI=1S/C16H15NO2/c1-12-7-9-14(11-15(12)18)17-16(19)10-8-13-5-3-2-4-6-13/h2-11,18H,1H3,(H,17,19)/b10-8-. The molecule has 0 aliphatic heterocycles. The average molecular weight is 253 g/mol. The van der Waals surface area contributed by atoms with Crippen LogP contribution in [0.2, 0.25) is 0 Å². The van der Waals surface area contributed by atoms with Crippen LogP contribution in [0.3, 0.4) is 0 Å². The molecule has 0 aliphatic rings. The first-order valence-electron chi connectivity index (χ1n) is 5.99. The van der Waals surface area contributed by atoms with E-state index in [0.717, 1.165) is 11.1 Å². The highest BCUT2D eigenvalue weighted by molar-refractivity contribution is 6.02. The molecule has 2 aromatic rings. The minimum absolute atomic E-state index is 0.171. The van der Waals surface area contributed by atoms with E-state index in [4.69, 9.17) is 0 Å². The molecular weight excluding hydrogens is 238 g/mol. The number of rotatable bonds is 3. The van der Waals surface area contributed by atoms with Crippen LogP contribution in [0.15, 0.2) is 54.6 Å². The molecule has 0 aromatic heterocycles. The lowest BCUT2D eigenvalue weighted by Crippen LogP contribution is -2.07. The Morgan fingerprint density at radius 2 is 1.89 bits per heavy atom. The third-order valence-electron chi connectivity index (χ3n) is 2.70. The van der Waals surface area contributed by atoms with Gasteiger partial charge in [-0.3, -0.25) is 4.79 Å². The summed E-state index contributed by atoms with van der Waals surface area (Å²) in [6.45, 7) is 1.80. The Balaban J connectivity index is 2.01. The molecule has 0 aliphatic carbocycles. The molecule has 2 N–H and O–H groups in total. The van der Waals surface area contributed by atoms with E-state index in [1.54, 1.807) is 25.1 Å². The minimum Gasteiger partial charge on any atom is -0.508 e. The Bertz CT molecular complexity index is 603. The molecule has 0 atom stereocenters. The predicted molar refractivity (Wildman–Crippen MR) is 76.9 cm³/mol. The first-order valence-corrected chi connectivity index (χ1v) is 5.99. The highest BCUT2D eigenvalue weighted by atomic mass is 16.3. The second kappa shape index (κ2) is 5.87. The molecule has 3 heteroatoms. The molecule has 0 fully saturated rings. The van der Waals surface area contributed by atoms with Crippen molar-refractivity contribution >= 4 is 17.7 Å². The first kappa shape index (κ1) is 12.9. The minimum atomic E-state index is -0.230. The van der Waals surface area contributed by atoms with Gasteiger partial charge < -0.3 is 10.4 Å². The fraction of sp³-hybridized carbons (Fsp3) is 0.0625. The number of phenolic OH excluding ortho intramolecular Hbond substituents is 1. The summed E-state index contributed by atoms with van der Waals surface area (Å²) in [4.78, 5) is 11.7. The van der Waals surface area contributed by atoms with Gasteiger partial charge in [-0.15, -0.1) is 0 Å². The van der Waals surface area contributed by atoms with E-state index >= 15 is 0 Å². The van der Waals surface area contributed by atoms with Gasteiger partial charge in [-0.25, -0.2) is 0 Å². The highest BCUT2D eigenvalue weighted by Gasteiger charge is 2.01. The molecule has 2 rings (SSSR count). The Morgan fingerprint density at radius 3 is 2.58 bits per heavy atom. The van der Waals surface area contributed by atoms with Gasteiger partial charge in [-0.2, -0.15) is 0 Å². The van der Waals surface area contributed by atoms with E-state index in [0.29, 0.717) is 5.69 Å². The monoisotopic (exact) mass is 253 g/mol. The molecule has 0 heterocycles. The van der Waals surface area contributed by atoms with Crippen LogP contribution in [0.5, 0.6) is 5.75 Å². The van der Waals surface area contributed by atoms with E-state index in [1.165, 1.54) is 12.1 Å². The van der Waals surface area contributed by atoms with Crippen LogP contribution in [-0.4, -0.2) is 11.0 Å². The number of phenols is 1. The van der Waals surface area contributed by atoms with Crippen molar-refractivity contribution in [1.29, 1.82) is 0 Å². The average Bonchev–Trinajstić information content (AvgIpc) is 2.42. The smallest absolute Gasteiger partial charge is 0.248 e. The van der Waals surface area contributed by atoms with Gasteiger partial charge in [-0.1, -0.05) is 36.4 Å². The largest absolute Gasteiger partial charge is 0.508 e. The molecule has 0 saturated heterocycles. The number of hydrogen-bond acceptors (Lipinski definition) is 2. The molecule has 19 heavy (non-hydrogen) atoms. The van der Waals surface area contributed by atoms with Crippen molar-refractivity contribution in [3.63, 3.8) is 0 Å². The summed E-state index contributed by atoms with van der Waals surface area (Å²) in [7, 11) is 0. The Labute approximate surface area is 112 Å². The second-order valence-corrected chi connectivity index (χ2v) is 4.23. The molecule has 96 valence electrons. The van der Waals surface area contributed by atoms with Crippen molar-refractivity contribution in [2.24, 2.45) is 0 Å². The van der Waals surface area contributed by atoms with Gasteiger partial charge in [0.15, 0.2) is 0 Å². The molecule has 0 saturated carbocycles. The van der Waals surface area contributed by atoms with Crippen molar-refractivity contribution in [3.8, 4) is 5.75 Å². The van der Waals surface area contributed by atoms with Gasteiger partial charge >= 0.3 is 0 Å². The van der Waals surface area contributed by atoms with Gasteiger partial charge in [-0.05, 0) is 30.2 Å². The number of carbonyl (C=O) groups is 1. The summed E-state index contributed by atoms with van der Waals surface area (Å²) in [6.07, 6.45) is 3.20. The summed E-state index contributed by atoms with van der Waals surface area (Å²) < 4.78 is 0. The van der Waals surface area contributed by atoms with E-state index in [-0.39, 0.29) is 11.7 Å². The van der Waals surface area contributed by atoms with E-state index in [9.17, 15) is 9.90 Å². The number of amides is 1. The van der Waals surface area contributed by atoms with Crippen molar-refractivity contribution in [1.82, 2.24) is 0 Å². The molecule has 3 nitrogen and oxygen atoms in total. The number of nitrogens with one attached hydrogen (secondary N) is 1. The lowest BCUT2D eigenvalue weighted by atomic mass is 10.2. The zero-order valence-electron chi connectivity index (χ0n) is 10.6. The van der Waals surface area contributed by atoms with Crippen LogP contribution in [0, 0.1) is 6.92 Å². The van der Waals surface area contributed by atoms with Gasteiger partial charge in [0.2, 0.25) is 5.91 Å². The SMILES string of the molecule is Cc1ccc(NC(=O)/C=C\c2ccccc2)cc1O. The quantitative estimate of drug-likeness (QED) is 0.824. The number of hydrogen-bond donors (Lipinski definition) is 2. The maximum atomic E-state index is 11.7. The van der Waals surface area contributed by atoms with Crippen molar-refractivity contribution in [2.45, 2.75) is 6.92 Å². The van der Waals surface area contributed by atoms with Crippen LogP contribution < -0.4 is 5.32 Å². The third kappa shape index (κ3) is 3.71. The second-order valence-electron chi connectivity index (χ2n) is 4.23. The maximum Gasteiger partial charge on any atom is 0.248 e. The van der Waals surface area contributed by atoms with Gasteiger partial charge in [0.05, 0.1) is 0 Å².